The second kappa shape index (κ2) is 7.55. The lowest BCUT2D eigenvalue weighted by Gasteiger charge is -2.00. The van der Waals surface area contributed by atoms with Gasteiger partial charge in [0.1, 0.15) is 12.0 Å². The molecule has 1 aromatic carbocycles. The molecule has 0 amide bonds. The number of aryl methyl sites for hydroxylation is 1. The third kappa shape index (κ3) is 3.57. The molecule has 2 heterocycles. The fourth-order valence-corrected chi connectivity index (χ4v) is 2.07. The van der Waals surface area contributed by atoms with Crippen molar-refractivity contribution in [2.24, 2.45) is 0 Å². The van der Waals surface area contributed by atoms with Crippen LogP contribution in [0.5, 0.6) is 0 Å². The van der Waals surface area contributed by atoms with E-state index in [0.29, 0.717) is 23.6 Å². The molecular formula is C13H14FN6O2P. The number of aromatic amines is 1. The zero-order chi connectivity index (χ0) is 16.8. The summed E-state index contributed by atoms with van der Waals surface area (Å²) in [5, 5.41) is 22.0. The van der Waals surface area contributed by atoms with Gasteiger partial charge in [0.25, 0.3) is 5.69 Å². The van der Waals surface area contributed by atoms with Crippen molar-refractivity contribution in [1.29, 1.82) is 0 Å². The highest BCUT2D eigenvalue weighted by molar-refractivity contribution is 7.09. The third-order valence-electron chi connectivity index (χ3n) is 3.09. The number of nitro benzene ring substituents is 1. The summed E-state index contributed by atoms with van der Waals surface area (Å²) < 4.78 is 11.2. The van der Waals surface area contributed by atoms with Crippen LogP contribution in [0, 0.1) is 10.1 Å². The van der Waals surface area contributed by atoms with Gasteiger partial charge in [-0.25, -0.2) is 9.18 Å². The van der Waals surface area contributed by atoms with Crippen LogP contribution in [-0.4, -0.2) is 29.9 Å². The molecule has 0 bridgehead atoms. The minimum atomic E-state index is -0.422. The van der Waals surface area contributed by atoms with Crippen LogP contribution in [0.3, 0.4) is 0 Å². The molecule has 0 saturated carbocycles. The number of hydrogen-bond acceptors (Lipinski definition) is 5. The van der Waals surface area contributed by atoms with Gasteiger partial charge in [-0.3, -0.25) is 19.9 Å². The van der Waals surface area contributed by atoms with E-state index < -0.39 is 4.92 Å². The maximum absolute atomic E-state index is 10.9. The van der Waals surface area contributed by atoms with Gasteiger partial charge >= 0.3 is 0 Å². The van der Waals surface area contributed by atoms with Crippen LogP contribution in [0.15, 0.2) is 36.8 Å². The number of hydrogen-bond donors (Lipinski definition) is 1. The van der Waals surface area contributed by atoms with Gasteiger partial charge in [-0.1, -0.05) is 12.1 Å². The smallest absolute Gasteiger partial charge is 0.270 e. The first-order valence-electron chi connectivity index (χ1n) is 6.59. The Hall–Kier alpha value is -2.67. The van der Waals surface area contributed by atoms with Crippen molar-refractivity contribution in [2.75, 3.05) is 0 Å². The number of nitrogens with one attached hydrogen (secondary N) is 1. The number of rotatable bonds is 4. The largest absolute Gasteiger partial charge is 0.272 e. The normalized spacial score (nSPS) is 10.0. The highest BCUT2D eigenvalue weighted by Gasteiger charge is 2.17. The molecule has 2 aromatic heterocycles. The van der Waals surface area contributed by atoms with E-state index in [-0.39, 0.29) is 5.69 Å². The van der Waals surface area contributed by atoms with Crippen LogP contribution in [-0.2, 0) is 6.54 Å². The lowest BCUT2D eigenvalue weighted by atomic mass is 10.1. The summed E-state index contributed by atoms with van der Waals surface area (Å²) in [5.41, 5.74) is 2.09. The SMILES string of the molecule is CCn1cc(-c2ncn[nH]2)c(-c2cccc([N+](=O)[O-])c2)n1.FP. The maximum Gasteiger partial charge on any atom is 0.270 e. The Balaban J connectivity index is 0.000000924. The molecule has 1 atom stereocenters. The average molecular weight is 336 g/mol. The number of halogens is 1. The molecule has 0 aliphatic heterocycles. The van der Waals surface area contributed by atoms with E-state index in [9.17, 15) is 14.3 Å². The van der Waals surface area contributed by atoms with Crippen molar-refractivity contribution in [3.63, 3.8) is 0 Å². The van der Waals surface area contributed by atoms with E-state index in [0.717, 1.165) is 15.1 Å². The maximum atomic E-state index is 10.9. The average Bonchev–Trinajstić information content (AvgIpc) is 3.25. The van der Waals surface area contributed by atoms with Gasteiger partial charge < -0.3 is 0 Å². The minimum Gasteiger partial charge on any atom is -0.272 e. The molecule has 3 aromatic rings. The third-order valence-corrected chi connectivity index (χ3v) is 3.09. The number of aromatic nitrogens is 5. The van der Waals surface area contributed by atoms with Gasteiger partial charge in [0, 0.05) is 30.4 Å². The first kappa shape index (κ1) is 16.7. The van der Waals surface area contributed by atoms with E-state index in [1.54, 1.807) is 16.8 Å². The molecule has 0 aliphatic rings. The first-order valence-corrected chi connectivity index (χ1v) is 7.02. The van der Waals surface area contributed by atoms with Gasteiger partial charge in [0.05, 0.1) is 20.0 Å². The molecule has 0 radical (unpaired) electrons. The summed E-state index contributed by atoms with van der Waals surface area (Å²) in [6, 6.07) is 6.38. The molecule has 3 rings (SSSR count). The van der Waals surface area contributed by atoms with Crippen molar-refractivity contribution in [1.82, 2.24) is 25.0 Å². The van der Waals surface area contributed by atoms with Crippen LogP contribution in [0.4, 0.5) is 9.88 Å². The Morgan fingerprint density at radius 1 is 1.43 bits per heavy atom. The van der Waals surface area contributed by atoms with E-state index in [1.165, 1.54) is 18.5 Å². The first-order chi connectivity index (χ1) is 11.2. The highest BCUT2D eigenvalue weighted by atomic mass is 31.1. The van der Waals surface area contributed by atoms with E-state index >= 15 is 0 Å². The minimum absolute atomic E-state index is 0.0297. The zero-order valence-electron chi connectivity index (χ0n) is 12.2. The summed E-state index contributed by atoms with van der Waals surface area (Å²) in [7, 11) is 0.917. The fourth-order valence-electron chi connectivity index (χ4n) is 2.07. The Labute approximate surface area is 133 Å². The summed E-state index contributed by atoms with van der Waals surface area (Å²) in [5.74, 6) is 0.580. The predicted molar refractivity (Wildman–Crippen MR) is 86.2 cm³/mol. The van der Waals surface area contributed by atoms with Crippen molar-refractivity contribution in [3.8, 4) is 22.6 Å². The van der Waals surface area contributed by atoms with Crippen LogP contribution in [0.25, 0.3) is 22.6 Å². The number of non-ortho nitro benzene ring substituents is 1. The molecule has 0 spiro atoms. The van der Waals surface area contributed by atoms with Crippen molar-refractivity contribution in [2.45, 2.75) is 13.5 Å². The zero-order valence-corrected chi connectivity index (χ0v) is 13.3. The molecule has 8 nitrogen and oxygen atoms in total. The van der Waals surface area contributed by atoms with Crippen LogP contribution < -0.4 is 0 Å². The van der Waals surface area contributed by atoms with E-state index in [2.05, 4.69) is 20.3 Å². The number of nitrogens with zero attached hydrogens (tertiary/aromatic N) is 5. The van der Waals surface area contributed by atoms with Crippen LogP contribution in [0.2, 0.25) is 0 Å². The van der Waals surface area contributed by atoms with Gasteiger partial charge in [-0.05, 0) is 6.92 Å². The Morgan fingerprint density at radius 3 is 2.83 bits per heavy atom. The Bertz CT molecular complexity index is 790. The van der Waals surface area contributed by atoms with Crippen LogP contribution >= 0.6 is 9.55 Å². The molecular weight excluding hydrogens is 322 g/mol. The second-order valence-corrected chi connectivity index (χ2v) is 4.39. The summed E-state index contributed by atoms with van der Waals surface area (Å²) in [6.45, 7) is 2.66. The van der Waals surface area contributed by atoms with E-state index in [1.807, 2.05) is 13.1 Å². The molecule has 23 heavy (non-hydrogen) atoms. The summed E-state index contributed by atoms with van der Waals surface area (Å²) in [6.07, 6.45) is 3.25. The fraction of sp³-hybridized carbons (Fsp3) is 0.154. The summed E-state index contributed by atoms with van der Waals surface area (Å²) in [4.78, 5) is 14.6. The quantitative estimate of drug-likeness (QED) is 0.448. The molecule has 1 N–H and O–H groups in total. The van der Waals surface area contributed by atoms with Crippen molar-refractivity contribution >= 4 is 15.2 Å². The standard InChI is InChI=1S/C13H12N6O2.FH2P/c1-2-18-7-11(13-14-8-15-16-13)12(17-18)9-4-3-5-10(6-9)19(20)21;1-2/h3-8H,2H2,1H3,(H,14,15,16);2H2. The Morgan fingerprint density at radius 2 is 2.22 bits per heavy atom. The van der Waals surface area contributed by atoms with Gasteiger partial charge in [-0.2, -0.15) is 10.2 Å². The van der Waals surface area contributed by atoms with Gasteiger partial charge in [-0.15, -0.1) is 0 Å². The van der Waals surface area contributed by atoms with Gasteiger partial charge in [0.15, 0.2) is 5.82 Å². The van der Waals surface area contributed by atoms with Crippen LogP contribution in [0.1, 0.15) is 6.92 Å². The number of H-pyrrole nitrogens is 1. The molecule has 1 unspecified atom stereocenters. The molecule has 0 fully saturated rings. The molecule has 10 heteroatoms. The monoisotopic (exact) mass is 336 g/mol. The van der Waals surface area contributed by atoms with E-state index in [4.69, 9.17) is 0 Å². The topological polar surface area (TPSA) is 103 Å². The summed E-state index contributed by atoms with van der Waals surface area (Å²) >= 11 is 0. The van der Waals surface area contributed by atoms with Gasteiger partial charge in [0.2, 0.25) is 0 Å². The lowest BCUT2D eigenvalue weighted by Crippen LogP contribution is -1.94. The van der Waals surface area contributed by atoms with Crippen molar-refractivity contribution < 1.29 is 9.12 Å². The molecule has 0 saturated heterocycles. The number of nitro groups is 1. The van der Waals surface area contributed by atoms with Crippen molar-refractivity contribution in [3.05, 3.63) is 46.9 Å². The number of benzene rings is 1. The Kier molecular flexibility index (Phi) is 5.48. The predicted octanol–water partition coefficient (Wildman–Crippen LogP) is 3.01. The second-order valence-electron chi connectivity index (χ2n) is 4.39. The molecule has 0 aliphatic carbocycles. The highest BCUT2D eigenvalue weighted by Crippen LogP contribution is 2.30. The lowest BCUT2D eigenvalue weighted by molar-refractivity contribution is -0.384. The molecule has 120 valence electrons.